The average molecular weight is 272 g/mol. The second-order valence-corrected chi connectivity index (χ2v) is 3.52. The lowest BCUT2D eigenvalue weighted by molar-refractivity contribution is 1.47. The van der Waals surface area contributed by atoms with Crippen molar-refractivity contribution < 1.29 is 0 Å². The molecule has 0 aliphatic heterocycles. The first-order valence-electron chi connectivity index (χ1n) is 7.94. The van der Waals surface area contributed by atoms with E-state index in [0.29, 0.717) is 0 Å². The van der Waals surface area contributed by atoms with Gasteiger partial charge in [0, 0.05) is 0 Å². The summed E-state index contributed by atoms with van der Waals surface area (Å²) in [5.41, 5.74) is 2.67. The maximum atomic E-state index is 2.18. The molecule has 2 aromatic carbocycles. The zero-order chi connectivity index (χ0) is 16.0. The van der Waals surface area contributed by atoms with Crippen molar-refractivity contribution in [3.63, 3.8) is 0 Å². The molecule has 0 nitrogen and oxygen atoms in total. The Morgan fingerprint density at radius 2 is 1.30 bits per heavy atom. The highest BCUT2D eigenvalue weighted by atomic mass is 14.0. The summed E-state index contributed by atoms with van der Waals surface area (Å²) in [6.07, 6.45) is 4.27. The van der Waals surface area contributed by atoms with E-state index < -0.39 is 0 Å². The quantitative estimate of drug-likeness (QED) is 0.512. The van der Waals surface area contributed by atoms with Crippen LogP contribution in [0.3, 0.4) is 0 Å². The van der Waals surface area contributed by atoms with Gasteiger partial charge in [-0.2, -0.15) is 0 Å². The van der Waals surface area contributed by atoms with Crippen LogP contribution in [0.4, 0.5) is 0 Å². The van der Waals surface area contributed by atoms with Crippen molar-refractivity contribution in [3.8, 4) is 0 Å². The van der Waals surface area contributed by atoms with Gasteiger partial charge in [0.15, 0.2) is 0 Å². The number of fused-ring (bicyclic) bond motifs is 1. The topological polar surface area (TPSA) is 0 Å². The molecule has 0 radical (unpaired) electrons. The van der Waals surface area contributed by atoms with Crippen LogP contribution in [0.25, 0.3) is 16.8 Å². The third kappa shape index (κ3) is 6.06. The maximum Gasteiger partial charge on any atom is -0.0109 e. The van der Waals surface area contributed by atoms with Gasteiger partial charge in [0.25, 0.3) is 0 Å². The summed E-state index contributed by atoms with van der Waals surface area (Å²) in [6, 6.07) is 12.9. The van der Waals surface area contributed by atoms with Crippen LogP contribution >= 0.6 is 0 Å². The fourth-order valence-electron chi connectivity index (χ4n) is 1.79. The number of aryl methyl sites for hydroxylation is 1. The molecule has 20 heavy (non-hydrogen) atoms. The van der Waals surface area contributed by atoms with Gasteiger partial charge in [-0.3, -0.25) is 0 Å². The van der Waals surface area contributed by atoms with Crippen LogP contribution in [0.15, 0.2) is 42.5 Å². The predicted octanol–water partition coefficient (Wildman–Crippen LogP) is 7.26. The molecular formula is C20H32. The first-order chi connectivity index (χ1) is 9.83. The molecule has 112 valence electrons. The summed E-state index contributed by atoms with van der Waals surface area (Å²) < 4.78 is 0. The van der Waals surface area contributed by atoms with Gasteiger partial charge < -0.3 is 0 Å². The van der Waals surface area contributed by atoms with Crippen molar-refractivity contribution in [3.05, 3.63) is 53.6 Å². The SMILES string of the molecule is C/C=C\c1c(C)ccc2ccccc12.CC.CC.CC. The first kappa shape index (κ1) is 20.8. The summed E-state index contributed by atoms with van der Waals surface area (Å²) in [7, 11) is 0. The maximum absolute atomic E-state index is 2.18. The number of hydrogen-bond donors (Lipinski definition) is 0. The van der Waals surface area contributed by atoms with Gasteiger partial charge in [-0.1, -0.05) is 90.1 Å². The van der Waals surface area contributed by atoms with Crippen LogP contribution in [0.2, 0.25) is 0 Å². The zero-order valence-electron chi connectivity index (χ0n) is 14.6. The summed E-state index contributed by atoms with van der Waals surface area (Å²) >= 11 is 0. The number of benzene rings is 2. The minimum Gasteiger partial charge on any atom is -0.0870 e. The average Bonchev–Trinajstić information content (AvgIpc) is 2.56. The van der Waals surface area contributed by atoms with Crippen molar-refractivity contribution in [2.75, 3.05) is 0 Å². The van der Waals surface area contributed by atoms with Crippen LogP contribution in [0, 0.1) is 6.92 Å². The lowest BCUT2D eigenvalue weighted by Crippen LogP contribution is -1.83. The molecular weight excluding hydrogens is 240 g/mol. The summed E-state index contributed by atoms with van der Waals surface area (Å²) in [6.45, 7) is 16.2. The van der Waals surface area contributed by atoms with Crippen LogP contribution in [-0.4, -0.2) is 0 Å². The molecule has 0 aromatic heterocycles. The highest BCUT2D eigenvalue weighted by Crippen LogP contribution is 2.23. The molecule has 0 atom stereocenters. The molecule has 0 saturated heterocycles. The van der Waals surface area contributed by atoms with E-state index in [1.54, 1.807) is 0 Å². The third-order valence-electron chi connectivity index (χ3n) is 2.52. The number of rotatable bonds is 1. The molecule has 0 heteroatoms. The van der Waals surface area contributed by atoms with Gasteiger partial charge >= 0.3 is 0 Å². The van der Waals surface area contributed by atoms with Gasteiger partial charge in [0.05, 0.1) is 0 Å². The van der Waals surface area contributed by atoms with Gasteiger partial charge in [0.2, 0.25) is 0 Å². The van der Waals surface area contributed by atoms with Crippen molar-refractivity contribution >= 4 is 16.8 Å². The summed E-state index contributed by atoms with van der Waals surface area (Å²) in [4.78, 5) is 0. The molecule has 0 aliphatic carbocycles. The summed E-state index contributed by atoms with van der Waals surface area (Å²) in [5.74, 6) is 0. The van der Waals surface area contributed by atoms with E-state index >= 15 is 0 Å². The molecule has 0 amide bonds. The number of allylic oxidation sites excluding steroid dienone is 1. The Kier molecular flexibility index (Phi) is 14.4. The predicted molar refractivity (Wildman–Crippen MR) is 97.4 cm³/mol. The third-order valence-corrected chi connectivity index (χ3v) is 2.52. The minimum absolute atomic E-state index is 1.31. The van der Waals surface area contributed by atoms with E-state index in [9.17, 15) is 0 Å². The Balaban J connectivity index is 0. The second-order valence-electron chi connectivity index (χ2n) is 3.52. The highest BCUT2D eigenvalue weighted by molar-refractivity contribution is 5.91. The Morgan fingerprint density at radius 3 is 1.85 bits per heavy atom. The largest absolute Gasteiger partial charge is 0.0870 e. The lowest BCUT2D eigenvalue weighted by Gasteiger charge is -2.05. The summed E-state index contributed by atoms with van der Waals surface area (Å²) in [5, 5.41) is 2.65. The monoisotopic (exact) mass is 272 g/mol. The van der Waals surface area contributed by atoms with Crippen LogP contribution in [0.5, 0.6) is 0 Å². The van der Waals surface area contributed by atoms with E-state index in [-0.39, 0.29) is 0 Å². The van der Waals surface area contributed by atoms with Crippen molar-refractivity contribution in [2.24, 2.45) is 0 Å². The van der Waals surface area contributed by atoms with E-state index in [4.69, 9.17) is 0 Å². The molecule has 0 saturated carbocycles. The fourth-order valence-corrected chi connectivity index (χ4v) is 1.79. The molecule has 2 rings (SSSR count). The van der Waals surface area contributed by atoms with E-state index in [2.05, 4.69) is 62.4 Å². The zero-order valence-corrected chi connectivity index (χ0v) is 14.6. The minimum atomic E-state index is 1.31. The molecule has 0 N–H and O–H groups in total. The highest BCUT2D eigenvalue weighted by Gasteiger charge is 1.99. The van der Waals surface area contributed by atoms with Gasteiger partial charge in [-0.05, 0) is 35.7 Å². The molecule has 0 spiro atoms. The molecule has 0 fully saturated rings. The molecule has 2 aromatic rings. The Hall–Kier alpha value is -1.56. The molecule has 0 bridgehead atoms. The van der Waals surface area contributed by atoms with Crippen LogP contribution in [-0.2, 0) is 0 Å². The molecule has 0 unspecified atom stereocenters. The van der Waals surface area contributed by atoms with Gasteiger partial charge in [0.1, 0.15) is 0 Å². The van der Waals surface area contributed by atoms with E-state index in [0.717, 1.165) is 0 Å². The number of hydrogen-bond acceptors (Lipinski definition) is 0. The molecule has 0 aliphatic rings. The molecule has 0 heterocycles. The van der Waals surface area contributed by atoms with Crippen molar-refractivity contribution in [1.82, 2.24) is 0 Å². The van der Waals surface area contributed by atoms with Crippen LogP contribution < -0.4 is 0 Å². The van der Waals surface area contributed by atoms with E-state index in [1.165, 1.54) is 21.9 Å². The Labute approximate surface area is 126 Å². The van der Waals surface area contributed by atoms with E-state index in [1.807, 2.05) is 41.5 Å². The standard InChI is InChI=1S/C14H14.3C2H6/c1-3-6-13-11(2)9-10-12-7-4-5-8-14(12)13;3*1-2/h3-10H,1-2H3;3*1-2H3/b6-3-;;;. The smallest absolute Gasteiger partial charge is 0.0109 e. The van der Waals surface area contributed by atoms with Crippen molar-refractivity contribution in [2.45, 2.75) is 55.4 Å². The Bertz CT molecular complexity index is 478. The van der Waals surface area contributed by atoms with Gasteiger partial charge in [-0.15, -0.1) is 0 Å². The Morgan fingerprint density at radius 1 is 0.750 bits per heavy atom. The fraction of sp³-hybridized carbons (Fsp3) is 0.400. The van der Waals surface area contributed by atoms with Crippen LogP contribution in [0.1, 0.15) is 59.6 Å². The van der Waals surface area contributed by atoms with Crippen molar-refractivity contribution in [1.29, 1.82) is 0 Å². The second kappa shape index (κ2) is 13.9. The first-order valence-corrected chi connectivity index (χ1v) is 7.94. The van der Waals surface area contributed by atoms with Gasteiger partial charge in [-0.25, -0.2) is 0 Å². The normalized spacial score (nSPS) is 8.80. The lowest BCUT2D eigenvalue weighted by atomic mass is 9.99.